The van der Waals surface area contributed by atoms with E-state index in [9.17, 15) is 0 Å². The van der Waals surface area contributed by atoms with Gasteiger partial charge in [0.15, 0.2) is 0 Å². The van der Waals surface area contributed by atoms with Crippen LogP contribution in [0.4, 0.5) is 0 Å². The summed E-state index contributed by atoms with van der Waals surface area (Å²) >= 11 is 0. The summed E-state index contributed by atoms with van der Waals surface area (Å²) in [5.41, 5.74) is 0.372. The Kier molecular flexibility index (Phi) is 5.99. The Morgan fingerprint density at radius 1 is 1.07 bits per heavy atom. The van der Waals surface area contributed by atoms with Crippen molar-refractivity contribution >= 4 is 10.5 Å². The molecule has 1 unspecified atom stereocenters. The zero-order valence-corrected chi connectivity index (χ0v) is 13.1. The molecule has 0 amide bonds. The van der Waals surface area contributed by atoms with Gasteiger partial charge in [0.1, 0.15) is 10.5 Å². The average molecular weight is 216 g/mol. The van der Waals surface area contributed by atoms with Gasteiger partial charge in [-0.3, -0.25) is 0 Å². The van der Waals surface area contributed by atoms with Crippen LogP contribution in [0.1, 0.15) is 54.4 Å². The van der Waals surface area contributed by atoms with E-state index in [1.54, 1.807) is 0 Å². The number of rotatable bonds is 6. The number of hydrogen-bond acceptors (Lipinski definition) is 1. The molecule has 0 fully saturated rings. The van der Waals surface area contributed by atoms with E-state index in [0.29, 0.717) is 23.4 Å². The van der Waals surface area contributed by atoms with Crippen LogP contribution < -0.4 is 0 Å². The number of hydrogen-bond donors (Lipinski definition) is 0. The molecule has 1 nitrogen and oxygen atoms in total. The van der Waals surface area contributed by atoms with Gasteiger partial charge < -0.3 is 4.43 Å². The van der Waals surface area contributed by atoms with Crippen molar-refractivity contribution in [1.29, 1.82) is 0 Å². The normalized spacial score (nSPS) is 15.4. The predicted molar refractivity (Wildman–Crippen MR) is 67.5 cm³/mol. The van der Waals surface area contributed by atoms with E-state index < -0.39 is 0 Å². The maximum Gasteiger partial charge on any atom is 0.146 e. The molecule has 0 aliphatic carbocycles. The lowest BCUT2D eigenvalue weighted by Gasteiger charge is -2.46. The van der Waals surface area contributed by atoms with Gasteiger partial charge in [0.2, 0.25) is 0 Å². The molecule has 0 bridgehead atoms. The maximum absolute atomic E-state index is 5.73. The van der Waals surface area contributed by atoms with Crippen molar-refractivity contribution in [2.24, 2.45) is 17.3 Å². The summed E-state index contributed by atoms with van der Waals surface area (Å²) in [6.07, 6.45) is 2.95. The van der Waals surface area contributed by atoms with Crippen molar-refractivity contribution in [3.05, 3.63) is 0 Å². The Hall–Kier alpha value is 0.177. The summed E-state index contributed by atoms with van der Waals surface area (Å²) in [7, 11) is 0.852. The first-order valence-electron chi connectivity index (χ1n) is 5.96. The topological polar surface area (TPSA) is 9.23 Å². The zero-order valence-electron chi connectivity index (χ0n) is 11.1. The summed E-state index contributed by atoms with van der Waals surface area (Å²) in [4.78, 5) is 0. The van der Waals surface area contributed by atoms with Crippen molar-refractivity contribution in [2.75, 3.05) is 0 Å². The Bertz CT molecular complexity index is 146. The van der Waals surface area contributed by atoms with Crippen LogP contribution in [0.3, 0.4) is 0 Å². The summed E-state index contributed by atoms with van der Waals surface area (Å²) in [6, 6.07) is 0. The van der Waals surface area contributed by atoms with Gasteiger partial charge in [-0.2, -0.15) is 0 Å². The largest absolute Gasteiger partial charge is 0.425 e. The molecule has 0 aromatic rings. The fourth-order valence-electron chi connectivity index (χ4n) is 3.04. The van der Waals surface area contributed by atoms with Gasteiger partial charge in [-0.05, 0) is 30.6 Å². The van der Waals surface area contributed by atoms with Crippen molar-refractivity contribution in [2.45, 2.75) is 60.5 Å². The highest BCUT2D eigenvalue weighted by Gasteiger charge is 2.41. The highest BCUT2D eigenvalue weighted by molar-refractivity contribution is 5.98. The Morgan fingerprint density at radius 2 is 1.50 bits per heavy atom. The highest BCUT2D eigenvalue weighted by atomic mass is 28.2. The fourth-order valence-corrected chi connectivity index (χ4v) is 3.48. The van der Waals surface area contributed by atoms with E-state index in [2.05, 4.69) is 41.5 Å². The summed E-state index contributed by atoms with van der Waals surface area (Å²) in [5, 5.41) is 0. The fraction of sp³-hybridized carbons (Fsp3) is 1.00. The molecule has 1 atom stereocenters. The Balaban J connectivity index is 4.93. The first-order chi connectivity index (χ1) is 6.43. The molecule has 0 N–H and O–H groups in total. The lowest BCUT2D eigenvalue weighted by atomic mass is 9.63. The second-order valence-corrected chi connectivity index (χ2v) is 5.52. The molecule has 2 heteroatoms. The smallest absolute Gasteiger partial charge is 0.146 e. The molecule has 0 saturated heterocycles. The van der Waals surface area contributed by atoms with E-state index in [0.717, 1.165) is 10.5 Å². The SMILES string of the molecule is CCCC(C(C)C)(C(C)C)C(C)O[SiH3]. The molecule has 0 aromatic heterocycles. The molecular weight excluding hydrogens is 188 g/mol. The van der Waals surface area contributed by atoms with E-state index in [1.165, 1.54) is 12.8 Å². The lowest BCUT2D eigenvalue weighted by molar-refractivity contribution is -0.0238. The van der Waals surface area contributed by atoms with Gasteiger partial charge in [-0.1, -0.05) is 41.0 Å². The minimum absolute atomic E-state index is 0.372. The van der Waals surface area contributed by atoms with Crippen LogP contribution in [0, 0.1) is 17.3 Å². The summed E-state index contributed by atoms with van der Waals surface area (Å²) in [5.74, 6) is 1.40. The summed E-state index contributed by atoms with van der Waals surface area (Å²) < 4.78 is 5.73. The highest BCUT2D eigenvalue weighted by Crippen LogP contribution is 2.44. The molecule has 0 aliphatic rings. The van der Waals surface area contributed by atoms with Crippen LogP contribution in [0.5, 0.6) is 0 Å². The van der Waals surface area contributed by atoms with E-state index in [1.807, 2.05) is 0 Å². The lowest BCUT2D eigenvalue weighted by Crippen LogP contribution is -2.44. The molecular formula is C12H28OSi. The minimum atomic E-state index is 0.372. The van der Waals surface area contributed by atoms with Crippen molar-refractivity contribution in [3.63, 3.8) is 0 Å². The maximum atomic E-state index is 5.73. The monoisotopic (exact) mass is 216 g/mol. The van der Waals surface area contributed by atoms with Gasteiger partial charge in [0.25, 0.3) is 0 Å². The third-order valence-corrected chi connectivity index (χ3v) is 4.65. The van der Waals surface area contributed by atoms with Crippen LogP contribution in [0.2, 0.25) is 0 Å². The van der Waals surface area contributed by atoms with Crippen molar-refractivity contribution in [3.8, 4) is 0 Å². The first-order valence-corrected chi connectivity index (χ1v) is 6.77. The first kappa shape index (κ1) is 14.2. The second-order valence-electron chi connectivity index (χ2n) is 5.05. The second kappa shape index (κ2) is 5.91. The zero-order chi connectivity index (χ0) is 11.4. The van der Waals surface area contributed by atoms with Crippen LogP contribution in [-0.2, 0) is 4.43 Å². The van der Waals surface area contributed by atoms with Crippen molar-refractivity contribution < 1.29 is 4.43 Å². The quantitative estimate of drug-likeness (QED) is 0.620. The predicted octanol–water partition coefficient (Wildman–Crippen LogP) is 2.77. The van der Waals surface area contributed by atoms with Gasteiger partial charge in [-0.15, -0.1) is 0 Å². The standard InChI is InChI=1S/C12H28OSi/c1-7-8-12(9(2)3,10(4)5)11(6)13-14/h9-11H,7-8H2,1-6,14H3. The van der Waals surface area contributed by atoms with Gasteiger partial charge >= 0.3 is 0 Å². The van der Waals surface area contributed by atoms with Crippen LogP contribution in [-0.4, -0.2) is 16.6 Å². The molecule has 86 valence electrons. The molecule has 0 spiro atoms. The third-order valence-electron chi connectivity index (χ3n) is 3.94. The van der Waals surface area contributed by atoms with Crippen molar-refractivity contribution in [1.82, 2.24) is 0 Å². The van der Waals surface area contributed by atoms with E-state index in [-0.39, 0.29) is 0 Å². The molecule has 0 aliphatic heterocycles. The van der Waals surface area contributed by atoms with Gasteiger partial charge in [0.05, 0.1) is 0 Å². The van der Waals surface area contributed by atoms with E-state index >= 15 is 0 Å². The molecule has 0 radical (unpaired) electrons. The Morgan fingerprint density at radius 3 is 1.71 bits per heavy atom. The van der Waals surface area contributed by atoms with Gasteiger partial charge in [0, 0.05) is 6.10 Å². The van der Waals surface area contributed by atoms with Gasteiger partial charge in [-0.25, -0.2) is 0 Å². The molecule has 0 rings (SSSR count). The molecule has 0 saturated carbocycles. The van der Waals surface area contributed by atoms with Crippen LogP contribution in [0.15, 0.2) is 0 Å². The van der Waals surface area contributed by atoms with Crippen LogP contribution >= 0.6 is 0 Å². The third kappa shape index (κ3) is 2.60. The van der Waals surface area contributed by atoms with Crippen LogP contribution in [0.25, 0.3) is 0 Å². The average Bonchev–Trinajstić information content (AvgIpc) is 2.11. The molecule has 0 aromatic carbocycles. The van der Waals surface area contributed by atoms with E-state index in [4.69, 9.17) is 4.43 Å². The molecule has 0 heterocycles. The minimum Gasteiger partial charge on any atom is -0.425 e. The summed E-state index contributed by atoms with van der Waals surface area (Å²) in [6.45, 7) is 13.9. The molecule has 14 heavy (non-hydrogen) atoms. The Labute approximate surface area is 93.2 Å².